The third-order valence-corrected chi connectivity index (χ3v) is 1.91. The van der Waals surface area contributed by atoms with E-state index in [9.17, 15) is 9.18 Å². The molecule has 0 saturated heterocycles. The van der Waals surface area contributed by atoms with Crippen LogP contribution >= 0.6 is 0 Å². The van der Waals surface area contributed by atoms with Gasteiger partial charge in [0.1, 0.15) is 5.82 Å². The molecule has 13 heavy (non-hydrogen) atoms. The zero-order chi connectivity index (χ0) is 10.0. The Kier molecular flexibility index (Phi) is 2.66. The van der Waals surface area contributed by atoms with Gasteiger partial charge in [-0.3, -0.25) is 0 Å². The van der Waals surface area contributed by atoms with Crippen LogP contribution < -0.4 is 0 Å². The first-order valence-electron chi connectivity index (χ1n) is 3.91. The number of hydrogen-bond donors (Lipinski definition) is 0. The summed E-state index contributed by atoms with van der Waals surface area (Å²) in [5.41, 5.74) is 1.46. The Morgan fingerprint density at radius 1 is 1.31 bits per heavy atom. The SMILES string of the molecule is COC(=O)c1cc(C)c(F)cc1C. The highest BCUT2D eigenvalue weighted by atomic mass is 19.1. The van der Waals surface area contributed by atoms with Crippen LogP contribution in [-0.4, -0.2) is 13.1 Å². The average molecular weight is 182 g/mol. The summed E-state index contributed by atoms with van der Waals surface area (Å²) in [4.78, 5) is 11.2. The average Bonchev–Trinajstić information content (AvgIpc) is 2.10. The highest BCUT2D eigenvalue weighted by molar-refractivity contribution is 5.91. The monoisotopic (exact) mass is 182 g/mol. The van der Waals surface area contributed by atoms with Crippen molar-refractivity contribution < 1.29 is 13.9 Å². The smallest absolute Gasteiger partial charge is 0.338 e. The molecule has 0 saturated carbocycles. The van der Waals surface area contributed by atoms with Gasteiger partial charge in [-0.25, -0.2) is 9.18 Å². The van der Waals surface area contributed by atoms with Crippen molar-refractivity contribution in [2.45, 2.75) is 13.8 Å². The number of methoxy groups -OCH3 is 1. The van der Waals surface area contributed by atoms with Gasteiger partial charge in [0, 0.05) is 0 Å². The molecule has 0 spiro atoms. The van der Waals surface area contributed by atoms with Crippen molar-refractivity contribution in [2.24, 2.45) is 0 Å². The zero-order valence-electron chi connectivity index (χ0n) is 7.85. The topological polar surface area (TPSA) is 26.3 Å². The molecular weight excluding hydrogens is 171 g/mol. The van der Waals surface area contributed by atoms with Gasteiger partial charge in [0.2, 0.25) is 0 Å². The Bertz CT molecular complexity index is 345. The van der Waals surface area contributed by atoms with E-state index in [1.54, 1.807) is 13.8 Å². The molecule has 0 aliphatic rings. The molecule has 0 N–H and O–H groups in total. The predicted molar refractivity (Wildman–Crippen MR) is 47.2 cm³/mol. The van der Waals surface area contributed by atoms with E-state index in [1.165, 1.54) is 19.2 Å². The lowest BCUT2D eigenvalue weighted by atomic mass is 10.1. The highest BCUT2D eigenvalue weighted by Crippen LogP contribution is 2.15. The second-order valence-corrected chi connectivity index (χ2v) is 2.91. The molecule has 0 unspecified atom stereocenters. The predicted octanol–water partition coefficient (Wildman–Crippen LogP) is 2.23. The fourth-order valence-corrected chi connectivity index (χ4v) is 1.11. The minimum Gasteiger partial charge on any atom is -0.465 e. The van der Waals surface area contributed by atoms with Gasteiger partial charge in [0.15, 0.2) is 0 Å². The fraction of sp³-hybridized carbons (Fsp3) is 0.300. The Balaban J connectivity index is 3.23. The first-order valence-corrected chi connectivity index (χ1v) is 3.91. The molecular formula is C10H11FO2. The molecule has 0 aliphatic carbocycles. The van der Waals surface area contributed by atoms with Crippen molar-refractivity contribution in [3.8, 4) is 0 Å². The number of aryl methyl sites for hydroxylation is 2. The highest BCUT2D eigenvalue weighted by Gasteiger charge is 2.11. The maximum Gasteiger partial charge on any atom is 0.338 e. The number of esters is 1. The minimum absolute atomic E-state index is 0.301. The summed E-state index contributed by atoms with van der Waals surface area (Å²) >= 11 is 0. The van der Waals surface area contributed by atoms with Crippen molar-refractivity contribution in [2.75, 3.05) is 7.11 Å². The van der Waals surface area contributed by atoms with Gasteiger partial charge in [0.05, 0.1) is 12.7 Å². The molecule has 0 heterocycles. The molecule has 0 amide bonds. The quantitative estimate of drug-likeness (QED) is 0.622. The second-order valence-electron chi connectivity index (χ2n) is 2.91. The maximum atomic E-state index is 13.0. The summed E-state index contributed by atoms with van der Waals surface area (Å²) < 4.78 is 17.5. The molecule has 70 valence electrons. The van der Waals surface area contributed by atoms with Crippen LogP contribution in [0.25, 0.3) is 0 Å². The van der Waals surface area contributed by atoms with E-state index in [4.69, 9.17) is 0 Å². The molecule has 0 atom stereocenters. The number of halogens is 1. The molecule has 3 heteroatoms. The summed E-state index contributed by atoms with van der Waals surface area (Å²) in [6, 6.07) is 2.83. The Morgan fingerprint density at radius 2 is 1.92 bits per heavy atom. The third kappa shape index (κ3) is 1.86. The molecule has 0 aliphatic heterocycles. The summed E-state index contributed by atoms with van der Waals surface area (Å²) in [6.45, 7) is 3.29. The normalized spacial score (nSPS) is 9.85. The lowest BCUT2D eigenvalue weighted by Gasteiger charge is -2.05. The zero-order valence-corrected chi connectivity index (χ0v) is 7.85. The summed E-state index contributed by atoms with van der Waals surface area (Å²) in [6.07, 6.45) is 0. The van der Waals surface area contributed by atoms with Crippen LogP contribution in [0.1, 0.15) is 21.5 Å². The largest absolute Gasteiger partial charge is 0.465 e. The minimum atomic E-state index is -0.430. The van der Waals surface area contributed by atoms with Gasteiger partial charge in [-0.2, -0.15) is 0 Å². The van der Waals surface area contributed by atoms with Crippen LogP contribution in [0.4, 0.5) is 4.39 Å². The number of rotatable bonds is 1. The lowest BCUT2D eigenvalue weighted by molar-refractivity contribution is 0.0599. The summed E-state index contributed by atoms with van der Waals surface area (Å²) in [5.74, 6) is -0.731. The summed E-state index contributed by atoms with van der Waals surface area (Å²) in [7, 11) is 1.31. The first-order chi connectivity index (χ1) is 6.06. The van der Waals surface area contributed by atoms with E-state index in [-0.39, 0.29) is 5.82 Å². The van der Waals surface area contributed by atoms with E-state index >= 15 is 0 Å². The van der Waals surface area contributed by atoms with Gasteiger partial charge in [-0.1, -0.05) is 0 Å². The Morgan fingerprint density at radius 3 is 2.46 bits per heavy atom. The van der Waals surface area contributed by atoms with Gasteiger partial charge in [-0.05, 0) is 37.1 Å². The van der Waals surface area contributed by atoms with Crippen LogP contribution in [0, 0.1) is 19.7 Å². The number of hydrogen-bond acceptors (Lipinski definition) is 2. The van der Waals surface area contributed by atoms with Gasteiger partial charge >= 0.3 is 5.97 Å². The van der Waals surface area contributed by atoms with Crippen LogP contribution in [0.2, 0.25) is 0 Å². The Labute approximate surface area is 76.3 Å². The number of carbonyl (C=O) groups excluding carboxylic acids is 1. The molecule has 0 aromatic heterocycles. The van der Waals surface area contributed by atoms with Crippen LogP contribution in [0.15, 0.2) is 12.1 Å². The number of benzene rings is 1. The van der Waals surface area contributed by atoms with E-state index in [2.05, 4.69) is 4.74 Å². The van der Waals surface area contributed by atoms with Gasteiger partial charge < -0.3 is 4.74 Å². The summed E-state index contributed by atoms with van der Waals surface area (Å²) in [5, 5.41) is 0. The van der Waals surface area contributed by atoms with Crippen molar-refractivity contribution in [3.05, 3.63) is 34.6 Å². The van der Waals surface area contributed by atoms with E-state index in [0.717, 1.165) is 0 Å². The first kappa shape index (κ1) is 9.71. The van der Waals surface area contributed by atoms with Gasteiger partial charge in [-0.15, -0.1) is 0 Å². The number of carbonyl (C=O) groups is 1. The third-order valence-electron chi connectivity index (χ3n) is 1.91. The Hall–Kier alpha value is -1.38. The molecule has 2 nitrogen and oxygen atoms in total. The van der Waals surface area contributed by atoms with Crippen LogP contribution in [-0.2, 0) is 4.74 Å². The van der Waals surface area contributed by atoms with Gasteiger partial charge in [0.25, 0.3) is 0 Å². The van der Waals surface area contributed by atoms with Crippen molar-refractivity contribution in [1.82, 2.24) is 0 Å². The van der Waals surface area contributed by atoms with Crippen LogP contribution in [0.3, 0.4) is 0 Å². The molecule has 1 rings (SSSR count). The van der Waals surface area contributed by atoms with E-state index in [0.29, 0.717) is 16.7 Å². The second kappa shape index (κ2) is 3.56. The molecule has 0 radical (unpaired) electrons. The van der Waals surface area contributed by atoms with Crippen LogP contribution in [0.5, 0.6) is 0 Å². The van der Waals surface area contributed by atoms with Crippen molar-refractivity contribution in [3.63, 3.8) is 0 Å². The van der Waals surface area contributed by atoms with Crippen molar-refractivity contribution in [1.29, 1.82) is 0 Å². The maximum absolute atomic E-state index is 13.0. The number of ether oxygens (including phenoxy) is 1. The van der Waals surface area contributed by atoms with E-state index < -0.39 is 5.97 Å². The van der Waals surface area contributed by atoms with Crippen molar-refractivity contribution >= 4 is 5.97 Å². The molecule has 0 bridgehead atoms. The standard InChI is InChI=1S/C10H11FO2/c1-6-5-9(11)7(2)4-8(6)10(12)13-3/h4-5H,1-3H3. The lowest BCUT2D eigenvalue weighted by Crippen LogP contribution is -2.05. The fourth-order valence-electron chi connectivity index (χ4n) is 1.11. The molecule has 0 fully saturated rings. The molecule has 1 aromatic carbocycles. The molecule has 1 aromatic rings. The van der Waals surface area contributed by atoms with E-state index in [1.807, 2.05) is 0 Å².